The molecule has 5 nitrogen and oxygen atoms in total. The molecular formula is C15H16N4O. The van der Waals surface area contributed by atoms with Crippen LogP contribution >= 0.6 is 0 Å². The molecule has 20 heavy (non-hydrogen) atoms. The van der Waals surface area contributed by atoms with E-state index in [0.717, 1.165) is 22.0 Å². The molecule has 0 atom stereocenters. The molecule has 1 aliphatic carbocycles. The predicted molar refractivity (Wildman–Crippen MR) is 77.6 cm³/mol. The van der Waals surface area contributed by atoms with Crippen LogP contribution in [0, 0.1) is 0 Å². The second kappa shape index (κ2) is 4.37. The first kappa shape index (κ1) is 11.5. The molecule has 0 bridgehead atoms. The Morgan fingerprint density at radius 3 is 2.90 bits per heavy atom. The van der Waals surface area contributed by atoms with E-state index in [1.165, 1.54) is 25.7 Å². The van der Waals surface area contributed by atoms with Gasteiger partial charge in [-0.15, -0.1) is 0 Å². The fraction of sp³-hybridized carbons (Fsp3) is 0.333. The molecule has 2 N–H and O–H groups in total. The van der Waals surface area contributed by atoms with Gasteiger partial charge < -0.3 is 9.55 Å². The van der Waals surface area contributed by atoms with Crippen LogP contribution in [0.25, 0.3) is 22.0 Å². The molecule has 5 heteroatoms. The van der Waals surface area contributed by atoms with Crippen LogP contribution in [0.1, 0.15) is 31.7 Å². The third kappa shape index (κ3) is 1.62. The average molecular weight is 268 g/mol. The standard InChI is InChI=1S/C15H16N4O/c20-15-14-12(10-7-17-18-8-10)9-19(11-3-1-2-4-11)13(14)5-6-16-15/h5-9,11H,1-4H2,(H,16,20)(H,17,18). The molecule has 1 fully saturated rings. The Kier molecular flexibility index (Phi) is 2.52. The minimum atomic E-state index is -0.0320. The van der Waals surface area contributed by atoms with Crippen LogP contribution in [0.3, 0.4) is 0 Å². The summed E-state index contributed by atoms with van der Waals surface area (Å²) in [5, 5.41) is 7.58. The zero-order valence-corrected chi connectivity index (χ0v) is 11.1. The van der Waals surface area contributed by atoms with E-state index >= 15 is 0 Å². The van der Waals surface area contributed by atoms with Crippen LogP contribution in [0.4, 0.5) is 0 Å². The van der Waals surface area contributed by atoms with Crippen molar-refractivity contribution in [3.8, 4) is 11.1 Å². The maximum absolute atomic E-state index is 12.2. The van der Waals surface area contributed by atoms with E-state index in [-0.39, 0.29) is 5.56 Å². The van der Waals surface area contributed by atoms with Gasteiger partial charge in [0.25, 0.3) is 5.56 Å². The number of nitrogens with one attached hydrogen (secondary N) is 2. The lowest BCUT2D eigenvalue weighted by Gasteiger charge is -2.12. The van der Waals surface area contributed by atoms with Crippen molar-refractivity contribution < 1.29 is 0 Å². The minimum absolute atomic E-state index is 0.0320. The van der Waals surface area contributed by atoms with Crippen molar-refractivity contribution in [3.05, 3.63) is 41.2 Å². The summed E-state index contributed by atoms with van der Waals surface area (Å²) in [5.74, 6) is 0. The van der Waals surface area contributed by atoms with Gasteiger partial charge >= 0.3 is 0 Å². The summed E-state index contributed by atoms with van der Waals surface area (Å²) in [6.45, 7) is 0. The second-order valence-corrected chi connectivity index (χ2v) is 5.44. The third-order valence-corrected chi connectivity index (χ3v) is 4.28. The van der Waals surface area contributed by atoms with Crippen LogP contribution in [-0.2, 0) is 0 Å². The van der Waals surface area contributed by atoms with Crippen LogP contribution in [0.5, 0.6) is 0 Å². The zero-order chi connectivity index (χ0) is 13.5. The van der Waals surface area contributed by atoms with Gasteiger partial charge in [-0.1, -0.05) is 12.8 Å². The molecule has 102 valence electrons. The number of hydrogen-bond acceptors (Lipinski definition) is 2. The molecule has 0 aromatic carbocycles. The number of rotatable bonds is 2. The van der Waals surface area contributed by atoms with Crippen LogP contribution in [-0.4, -0.2) is 19.7 Å². The van der Waals surface area contributed by atoms with Gasteiger partial charge in [0.1, 0.15) is 0 Å². The number of H-pyrrole nitrogens is 2. The summed E-state index contributed by atoms with van der Waals surface area (Å²) in [6, 6.07) is 2.51. The fourth-order valence-electron chi connectivity index (χ4n) is 3.32. The molecule has 3 aromatic heterocycles. The largest absolute Gasteiger partial charge is 0.344 e. The normalized spacial score (nSPS) is 16.2. The Hall–Kier alpha value is -2.30. The van der Waals surface area contributed by atoms with Gasteiger partial charge in [0.05, 0.1) is 17.1 Å². The molecule has 0 aliphatic heterocycles. The highest BCUT2D eigenvalue weighted by Crippen LogP contribution is 2.36. The van der Waals surface area contributed by atoms with Crippen molar-refractivity contribution in [2.24, 2.45) is 0 Å². The van der Waals surface area contributed by atoms with Crippen molar-refractivity contribution in [3.63, 3.8) is 0 Å². The van der Waals surface area contributed by atoms with E-state index in [1.54, 1.807) is 12.4 Å². The van der Waals surface area contributed by atoms with Gasteiger partial charge in [0.2, 0.25) is 0 Å². The number of nitrogens with zero attached hydrogens (tertiary/aromatic N) is 2. The van der Waals surface area contributed by atoms with Crippen molar-refractivity contribution in [2.75, 3.05) is 0 Å². The van der Waals surface area contributed by atoms with E-state index in [2.05, 4.69) is 25.9 Å². The van der Waals surface area contributed by atoms with E-state index in [1.807, 2.05) is 12.3 Å². The Labute approximate surface area is 115 Å². The van der Waals surface area contributed by atoms with Gasteiger partial charge in [-0.05, 0) is 18.9 Å². The lowest BCUT2D eigenvalue weighted by molar-refractivity contribution is 0.536. The van der Waals surface area contributed by atoms with Crippen molar-refractivity contribution in [1.29, 1.82) is 0 Å². The molecule has 1 aliphatic rings. The Balaban J connectivity index is 2.02. The van der Waals surface area contributed by atoms with Crippen LogP contribution in [0.2, 0.25) is 0 Å². The molecule has 0 saturated heterocycles. The van der Waals surface area contributed by atoms with Gasteiger partial charge in [-0.3, -0.25) is 9.89 Å². The molecule has 4 rings (SSSR count). The average Bonchev–Trinajstić information content (AvgIpc) is 3.19. The second-order valence-electron chi connectivity index (χ2n) is 5.44. The maximum Gasteiger partial charge on any atom is 0.258 e. The smallest absolute Gasteiger partial charge is 0.258 e. The highest BCUT2D eigenvalue weighted by molar-refractivity contribution is 5.95. The van der Waals surface area contributed by atoms with Gasteiger partial charge in [-0.25, -0.2) is 0 Å². The van der Waals surface area contributed by atoms with Crippen LogP contribution < -0.4 is 5.56 Å². The molecule has 0 radical (unpaired) electrons. The van der Waals surface area contributed by atoms with Crippen molar-refractivity contribution in [2.45, 2.75) is 31.7 Å². The fourth-order valence-corrected chi connectivity index (χ4v) is 3.32. The van der Waals surface area contributed by atoms with E-state index in [9.17, 15) is 4.79 Å². The van der Waals surface area contributed by atoms with E-state index in [4.69, 9.17) is 0 Å². The Morgan fingerprint density at radius 2 is 2.15 bits per heavy atom. The molecule has 3 aromatic rings. The van der Waals surface area contributed by atoms with Gasteiger partial charge in [0.15, 0.2) is 0 Å². The van der Waals surface area contributed by atoms with E-state index < -0.39 is 0 Å². The van der Waals surface area contributed by atoms with E-state index in [0.29, 0.717) is 6.04 Å². The number of fused-ring (bicyclic) bond motifs is 1. The monoisotopic (exact) mass is 268 g/mol. The predicted octanol–water partition coefficient (Wildman–Crippen LogP) is 2.83. The topological polar surface area (TPSA) is 66.5 Å². The molecular weight excluding hydrogens is 252 g/mol. The highest BCUT2D eigenvalue weighted by Gasteiger charge is 2.21. The Bertz CT molecular complexity index is 791. The number of aromatic nitrogens is 4. The molecule has 0 amide bonds. The Morgan fingerprint density at radius 1 is 1.30 bits per heavy atom. The summed E-state index contributed by atoms with van der Waals surface area (Å²) in [5.41, 5.74) is 2.92. The summed E-state index contributed by atoms with van der Waals surface area (Å²) in [7, 11) is 0. The minimum Gasteiger partial charge on any atom is -0.344 e. The number of aromatic amines is 2. The highest BCUT2D eigenvalue weighted by atomic mass is 16.1. The third-order valence-electron chi connectivity index (χ3n) is 4.28. The van der Waals surface area contributed by atoms with Crippen molar-refractivity contribution >= 4 is 10.9 Å². The summed E-state index contributed by atoms with van der Waals surface area (Å²) in [6.07, 6.45) is 12.4. The zero-order valence-electron chi connectivity index (χ0n) is 11.1. The maximum atomic E-state index is 12.2. The first-order valence-corrected chi connectivity index (χ1v) is 7.06. The lowest BCUT2D eigenvalue weighted by atomic mass is 10.1. The molecule has 0 spiro atoms. The van der Waals surface area contributed by atoms with Gasteiger partial charge in [0, 0.05) is 35.8 Å². The summed E-state index contributed by atoms with van der Waals surface area (Å²) >= 11 is 0. The summed E-state index contributed by atoms with van der Waals surface area (Å²) in [4.78, 5) is 15.0. The molecule has 1 saturated carbocycles. The molecule has 0 unspecified atom stereocenters. The summed E-state index contributed by atoms with van der Waals surface area (Å²) < 4.78 is 2.28. The quantitative estimate of drug-likeness (QED) is 0.750. The SMILES string of the molecule is O=c1[nH]ccc2c1c(-c1cn[nH]c1)cn2C1CCCC1. The first-order chi connectivity index (χ1) is 9.84. The van der Waals surface area contributed by atoms with Gasteiger partial charge in [-0.2, -0.15) is 5.10 Å². The lowest BCUT2D eigenvalue weighted by Crippen LogP contribution is -2.07. The first-order valence-electron chi connectivity index (χ1n) is 7.06. The molecule has 3 heterocycles. The number of pyridine rings is 1. The van der Waals surface area contributed by atoms with Crippen molar-refractivity contribution in [1.82, 2.24) is 19.7 Å². The van der Waals surface area contributed by atoms with Crippen LogP contribution in [0.15, 0.2) is 35.6 Å². The number of hydrogen-bond donors (Lipinski definition) is 2.